The van der Waals surface area contributed by atoms with E-state index in [4.69, 9.17) is 23.2 Å². The number of rotatable bonds is 4. The molecule has 0 saturated carbocycles. The molecule has 0 aromatic heterocycles. The molecule has 0 spiro atoms. The van der Waals surface area contributed by atoms with Crippen LogP contribution in [0.5, 0.6) is 0 Å². The second kappa shape index (κ2) is 6.90. The Morgan fingerprint density at radius 2 is 2.05 bits per heavy atom. The maximum absolute atomic E-state index is 14.3. The predicted molar refractivity (Wildman–Crippen MR) is 83.0 cm³/mol. The second-order valence-electron chi connectivity index (χ2n) is 5.22. The summed E-state index contributed by atoms with van der Waals surface area (Å²) in [7, 11) is 0. The molecule has 0 bridgehead atoms. The standard InChI is InChI=1S/C15H19Cl2FN2/c1-10(2)9-13(20-7-5-19-6-8-20)14-12(18)4-3-11(16)15(14)17/h3-4,13,19H,1,5-9H2,2H3/t13-/m0/s1. The highest BCUT2D eigenvalue weighted by Crippen LogP contribution is 2.37. The number of nitrogens with zero attached hydrogens (tertiary/aromatic N) is 1. The highest BCUT2D eigenvalue weighted by molar-refractivity contribution is 6.42. The van der Waals surface area contributed by atoms with Gasteiger partial charge in [-0.3, -0.25) is 4.90 Å². The molecular weight excluding hydrogens is 298 g/mol. The van der Waals surface area contributed by atoms with Crippen LogP contribution >= 0.6 is 23.2 Å². The molecule has 1 aliphatic rings. The van der Waals surface area contributed by atoms with Crippen LogP contribution in [0.3, 0.4) is 0 Å². The Hall–Kier alpha value is -0.610. The summed E-state index contributed by atoms with van der Waals surface area (Å²) in [6.45, 7) is 9.42. The molecule has 1 fully saturated rings. The molecule has 1 N–H and O–H groups in total. The van der Waals surface area contributed by atoms with Gasteiger partial charge in [-0.1, -0.05) is 28.8 Å². The van der Waals surface area contributed by atoms with Gasteiger partial charge in [-0.2, -0.15) is 0 Å². The molecule has 5 heteroatoms. The second-order valence-corrected chi connectivity index (χ2v) is 6.01. The molecule has 1 heterocycles. The van der Waals surface area contributed by atoms with E-state index in [0.29, 0.717) is 22.0 Å². The minimum Gasteiger partial charge on any atom is -0.314 e. The normalized spacial score (nSPS) is 18.0. The Morgan fingerprint density at radius 1 is 1.40 bits per heavy atom. The first-order valence-corrected chi connectivity index (χ1v) is 7.49. The van der Waals surface area contributed by atoms with Crippen molar-refractivity contribution in [3.05, 3.63) is 45.7 Å². The van der Waals surface area contributed by atoms with E-state index in [1.165, 1.54) is 12.1 Å². The molecule has 1 aromatic carbocycles. The van der Waals surface area contributed by atoms with Crippen LogP contribution in [0.25, 0.3) is 0 Å². The van der Waals surface area contributed by atoms with Crippen molar-refractivity contribution in [1.29, 1.82) is 0 Å². The van der Waals surface area contributed by atoms with Crippen LogP contribution in [-0.2, 0) is 0 Å². The third-order valence-corrected chi connectivity index (χ3v) is 4.37. The lowest BCUT2D eigenvalue weighted by molar-refractivity contribution is 0.169. The SMILES string of the molecule is C=C(C)C[C@@H](c1c(F)ccc(Cl)c1Cl)N1CCNCC1. The largest absolute Gasteiger partial charge is 0.314 e. The van der Waals surface area contributed by atoms with Crippen molar-refractivity contribution in [3.8, 4) is 0 Å². The first kappa shape index (κ1) is 15.8. The van der Waals surface area contributed by atoms with E-state index in [-0.39, 0.29) is 11.9 Å². The number of piperazine rings is 1. The van der Waals surface area contributed by atoms with E-state index < -0.39 is 0 Å². The average Bonchev–Trinajstić information content (AvgIpc) is 2.43. The van der Waals surface area contributed by atoms with E-state index in [1.54, 1.807) is 0 Å². The fourth-order valence-electron chi connectivity index (χ4n) is 2.59. The van der Waals surface area contributed by atoms with Crippen molar-refractivity contribution in [1.82, 2.24) is 10.2 Å². The molecule has 2 nitrogen and oxygen atoms in total. The van der Waals surface area contributed by atoms with Gasteiger partial charge >= 0.3 is 0 Å². The van der Waals surface area contributed by atoms with Gasteiger partial charge in [-0.15, -0.1) is 6.58 Å². The smallest absolute Gasteiger partial charge is 0.129 e. The van der Waals surface area contributed by atoms with E-state index in [0.717, 1.165) is 31.8 Å². The van der Waals surface area contributed by atoms with Crippen LogP contribution < -0.4 is 5.32 Å². The zero-order valence-electron chi connectivity index (χ0n) is 11.6. The molecule has 1 saturated heterocycles. The molecule has 0 unspecified atom stereocenters. The van der Waals surface area contributed by atoms with Crippen LogP contribution in [0.15, 0.2) is 24.3 Å². The lowest BCUT2D eigenvalue weighted by Gasteiger charge is -2.36. The number of benzene rings is 1. The molecule has 1 aliphatic heterocycles. The Morgan fingerprint density at radius 3 is 2.65 bits per heavy atom. The summed E-state index contributed by atoms with van der Waals surface area (Å²) in [5.74, 6) is -0.302. The van der Waals surface area contributed by atoms with Gasteiger partial charge < -0.3 is 5.32 Å². The van der Waals surface area contributed by atoms with Gasteiger partial charge in [0.1, 0.15) is 5.82 Å². The minimum absolute atomic E-state index is 0.110. The summed E-state index contributed by atoms with van der Waals surface area (Å²) < 4.78 is 14.3. The molecular formula is C15H19Cl2FN2. The number of nitrogens with one attached hydrogen (secondary N) is 1. The number of hydrogen-bond donors (Lipinski definition) is 1. The van der Waals surface area contributed by atoms with Crippen LogP contribution in [-0.4, -0.2) is 31.1 Å². The Kier molecular flexibility index (Phi) is 5.44. The maximum Gasteiger partial charge on any atom is 0.129 e. The van der Waals surface area contributed by atoms with Crippen molar-refractivity contribution in [2.24, 2.45) is 0 Å². The summed E-state index contributed by atoms with van der Waals surface area (Å²) in [5.41, 5.74) is 1.49. The van der Waals surface area contributed by atoms with Gasteiger partial charge in [-0.05, 0) is 25.5 Å². The lowest BCUT2D eigenvalue weighted by Crippen LogP contribution is -2.45. The predicted octanol–water partition coefficient (Wildman–Crippen LogP) is 4.05. The Labute approximate surface area is 129 Å². The molecule has 0 aliphatic carbocycles. The van der Waals surface area contributed by atoms with Crippen molar-refractivity contribution in [2.45, 2.75) is 19.4 Å². The van der Waals surface area contributed by atoms with Crippen molar-refractivity contribution < 1.29 is 4.39 Å². The highest BCUT2D eigenvalue weighted by atomic mass is 35.5. The van der Waals surface area contributed by atoms with Crippen LogP contribution in [0.4, 0.5) is 4.39 Å². The summed E-state index contributed by atoms with van der Waals surface area (Å²) in [4.78, 5) is 2.24. The minimum atomic E-state index is -0.302. The quantitative estimate of drug-likeness (QED) is 0.666. The fourth-order valence-corrected chi connectivity index (χ4v) is 3.03. The summed E-state index contributed by atoms with van der Waals surface area (Å²) in [5, 5.41) is 4.01. The van der Waals surface area contributed by atoms with Crippen LogP contribution in [0.1, 0.15) is 24.9 Å². The molecule has 2 rings (SSSR count). The molecule has 1 aromatic rings. The van der Waals surface area contributed by atoms with Crippen molar-refractivity contribution >= 4 is 23.2 Å². The number of hydrogen-bond acceptors (Lipinski definition) is 2. The van der Waals surface area contributed by atoms with E-state index >= 15 is 0 Å². The summed E-state index contributed by atoms with van der Waals surface area (Å²) in [6, 6.07) is 2.77. The topological polar surface area (TPSA) is 15.3 Å². The van der Waals surface area contributed by atoms with Crippen molar-refractivity contribution in [2.75, 3.05) is 26.2 Å². The maximum atomic E-state index is 14.3. The van der Waals surface area contributed by atoms with Gasteiger partial charge in [0.2, 0.25) is 0 Å². The third-order valence-electron chi connectivity index (χ3n) is 3.55. The Balaban J connectivity index is 2.40. The highest BCUT2D eigenvalue weighted by Gasteiger charge is 2.27. The lowest BCUT2D eigenvalue weighted by atomic mass is 9.97. The summed E-state index contributed by atoms with van der Waals surface area (Å²) in [6.07, 6.45) is 0.678. The average molecular weight is 317 g/mol. The van der Waals surface area contributed by atoms with E-state index in [9.17, 15) is 4.39 Å². The molecule has 110 valence electrons. The zero-order chi connectivity index (χ0) is 14.7. The Bertz CT molecular complexity index is 499. The summed E-state index contributed by atoms with van der Waals surface area (Å²) >= 11 is 12.3. The van der Waals surface area contributed by atoms with Crippen molar-refractivity contribution in [3.63, 3.8) is 0 Å². The number of halogens is 3. The van der Waals surface area contributed by atoms with Gasteiger partial charge in [-0.25, -0.2) is 4.39 Å². The van der Waals surface area contributed by atoms with Gasteiger partial charge in [0, 0.05) is 37.8 Å². The molecule has 0 amide bonds. The molecule has 0 radical (unpaired) electrons. The molecule has 1 atom stereocenters. The first-order valence-electron chi connectivity index (χ1n) is 6.73. The van der Waals surface area contributed by atoms with Gasteiger partial charge in [0.25, 0.3) is 0 Å². The molecule has 20 heavy (non-hydrogen) atoms. The third kappa shape index (κ3) is 3.53. The van der Waals surface area contributed by atoms with Gasteiger partial charge in [0.05, 0.1) is 10.0 Å². The fraction of sp³-hybridized carbons (Fsp3) is 0.467. The van der Waals surface area contributed by atoms with Crippen LogP contribution in [0.2, 0.25) is 10.0 Å². The first-order chi connectivity index (χ1) is 9.50. The monoisotopic (exact) mass is 316 g/mol. The van der Waals surface area contributed by atoms with E-state index in [1.807, 2.05) is 6.92 Å². The van der Waals surface area contributed by atoms with Crippen LogP contribution in [0, 0.1) is 5.82 Å². The van der Waals surface area contributed by atoms with E-state index in [2.05, 4.69) is 16.8 Å². The zero-order valence-corrected chi connectivity index (χ0v) is 13.1. The van der Waals surface area contributed by atoms with Gasteiger partial charge in [0.15, 0.2) is 0 Å².